The van der Waals surface area contributed by atoms with Gasteiger partial charge in [-0.3, -0.25) is 9.36 Å². The van der Waals surface area contributed by atoms with Gasteiger partial charge < -0.3 is 4.74 Å². The summed E-state index contributed by atoms with van der Waals surface area (Å²) in [5.41, 5.74) is 2.77. The number of hydrogen-bond donors (Lipinski definition) is 0. The van der Waals surface area contributed by atoms with Gasteiger partial charge >= 0.3 is 5.97 Å². The highest BCUT2D eigenvalue weighted by atomic mass is 32.1. The summed E-state index contributed by atoms with van der Waals surface area (Å²) < 4.78 is 7.42. The van der Waals surface area contributed by atoms with Crippen molar-refractivity contribution in [1.29, 1.82) is 0 Å². The van der Waals surface area contributed by atoms with Crippen LogP contribution in [-0.2, 0) is 9.53 Å². The monoisotopic (exact) mass is 456 g/mol. The number of rotatable bonds is 6. The van der Waals surface area contributed by atoms with E-state index in [2.05, 4.69) is 4.99 Å². The van der Waals surface area contributed by atoms with E-state index in [1.807, 2.05) is 85.0 Å². The maximum Gasteiger partial charge on any atom is 0.338 e. The predicted octanol–water partition coefficient (Wildman–Crippen LogP) is 4.13. The summed E-state index contributed by atoms with van der Waals surface area (Å²) >= 11 is 1.31. The predicted molar refractivity (Wildman–Crippen MR) is 133 cm³/mol. The molecule has 1 aliphatic rings. The fraction of sp³-hybridized carbons (Fsp3) is 0.148. The number of fused-ring (bicyclic) bond motifs is 1. The van der Waals surface area contributed by atoms with Gasteiger partial charge in [0.05, 0.1) is 28.5 Å². The summed E-state index contributed by atoms with van der Waals surface area (Å²) in [5.74, 6) is -0.459. The van der Waals surface area contributed by atoms with Crippen molar-refractivity contribution in [2.24, 2.45) is 4.99 Å². The maximum absolute atomic E-state index is 13.4. The van der Waals surface area contributed by atoms with E-state index >= 15 is 0 Å². The van der Waals surface area contributed by atoms with Crippen molar-refractivity contribution < 1.29 is 9.53 Å². The van der Waals surface area contributed by atoms with Crippen LogP contribution in [0.4, 0.5) is 0 Å². The first-order valence-corrected chi connectivity index (χ1v) is 11.5. The van der Waals surface area contributed by atoms with Crippen LogP contribution in [0.3, 0.4) is 0 Å². The van der Waals surface area contributed by atoms with E-state index in [9.17, 15) is 9.59 Å². The molecule has 0 unspecified atom stereocenters. The van der Waals surface area contributed by atoms with Crippen LogP contribution >= 0.6 is 11.3 Å². The molecule has 0 saturated carbocycles. The second kappa shape index (κ2) is 10.2. The molecule has 5 nitrogen and oxygen atoms in total. The highest BCUT2D eigenvalue weighted by Crippen LogP contribution is 2.26. The van der Waals surface area contributed by atoms with E-state index < -0.39 is 12.0 Å². The normalized spacial score (nSPS) is 16.3. The lowest BCUT2D eigenvalue weighted by atomic mass is 10.0. The van der Waals surface area contributed by atoms with E-state index in [1.54, 1.807) is 24.5 Å². The lowest BCUT2D eigenvalue weighted by Gasteiger charge is -2.21. The zero-order valence-corrected chi connectivity index (χ0v) is 19.3. The first kappa shape index (κ1) is 22.4. The molecule has 0 amide bonds. The molecule has 6 heteroatoms. The number of benzene rings is 2. The molecular weight excluding hydrogens is 432 g/mol. The molecule has 2 heterocycles. The van der Waals surface area contributed by atoms with Gasteiger partial charge in [0.15, 0.2) is 4.80 Å². The van der Waals surface area contributed by atoms with Gasteiger partial charge in [-0.1, -0.05) is 96.3 Å². The van der Waals surface area contributed by atoms with Crippen LogP contribution in [0, 0.1) is 0 Å². The van der Waals surface area contributed by atoms with Gasteiger partial charge in [-0.05, 0) is 31.1 Å². The third-order valence-corrected chi connectivity index (χ3v) is 6.17. The Morgan fingerprint density at radius 3 is 2.33 bits per heavy atom. The maximum atomic E-state index is 13.4. The lowest BCUT2D eigenvalue weighted by molar-refractivity contribution is -0.139. The van der Waals surface area contributed by atoms with Crippen LogP contribution in [0.25, 0.3) is 18.2 Å². The number of thiazole rings is 1. The van der Waals surface area contributed by atoms with Crippen molar-refractivity contribution in [3.8, 4) is 0 Å². The van der Waals surface area contributed by atoms with E-state index in [-0.39, 0.29) is 12.2 Å². The van der Waals surface area contributed by atoms with E-state index in [4.69, 9.17) is 4.74 Å². The van der Waals surface area contributed by atoms with Crippen LogP contribution in [0.2, 0.25) is 0 Å². The number of ether oxygens (including phenoxy) is 1. The fourth-order valence-electron chi connectivity index (χ4n) is 3.61. The van der Waals surface area contributed by atoms with E-state index in [1.165, 1.54) is 11.3 Å². The summed E-state index contributed by atoms with van der Waals surface area (Å²) in [5, 5.41) is 0. The Bertz CT molecular complexity index is 1410. The summed E-state index contributed by atoms with van der Waals surface area (Å²) in [6.45, 7) is 3.79. The van der Waals surface area contributed by atoms with Gasteiger partial charge in [-0.2, -0.15) is 0 Å². The summed E-state index contributed by atoms with van der Waals surface area (Å²) in [7, 11) is 0. The zero-order chi connectivity index (χ0) is 23.2. The summed E-state index contributed by atoms with van der Waals surface area (Å²) in [6, 6.07) is 19.0. The Kier molecular flexibility index (Phi) is 6.95. The molecule has 0 spiro atoms. The SMILES string of the molecule is CCOC(=O)C1=C(C)N=c2sc(=C/C=C\c3ccccc3)c(=O)n2[C@@H]1/C=C/c1ccccc1. The van der Waals surface area contributed by atoms with Crippen LogP contribution < -0.4 is 14.9 Å². The number of hydrogen-bond acceptors (Lipinski definition) is 5. The Morgan fingerprint density at radius 1 is 1.06 bits per heavy atom. The molecule has 0 radical (unpaired) electrons. The van der Waals surface area contributed by atoms with Gasteiger partial charge in [0.25, 0.3) is 5.56 Å². The Labute approximate surface area is 196 Å². The molecule has 0 aliphatic carbocycles. The molecule has 0 saturated heterocycles. The van der Waals surface area contributed by atoms with Crippen LogP contribution in [0.5, 0.6) is 0 Å². The molecular formula is C27H24N2O3S. The van der Waals surface area contributed by atoms with E-state index in [0.717, 1.165) is 11.1 Å². The Balaban J connectivity index is 1.79. The molecule has 1 atom stereocenters. The average Bonchev–Trinajstić information content (AvgIpc) is 3.13. The number of nitrogens with zero attached hydrogens (tertiary/aromatic N) is 2. The molecule has 3 aromatic rings. The van der Waals surface area contributed by atoms with Crippen molar-refractivity contribution in [3.63, 3.8) is 0 Å². The van der Waals surface area contributed by atoms with Crippen molar-refractivity contribution in [2.45, 2.75) is 19.9 Å². The number of carbonyl (C=O) groups is 1. The molecule has 4 rings (SSSR count). The van der Waals surface area contributed by atoms with Gasteiger partial charge in [-0.25, -0.2) is 9.79 Å². The van der Waals surface area contributed by atoms with Crippen molar-refractivity contribution in [3.05, 3.63) is 115 Å². The van der Waals surface area contributed by atoms with Crippen LogP contribution in [0.15, 0.2) is 93.9 Å². The standard InChI is InChI=1S/C27H24N2O3S/c1-3-32-26(31)24-19(2)28-27-29(22(24)18-17-21-13-8-5-9-14-21)25(30)23(33-27)16-10-15-20-11-6-4-7-12-20/h4-18,22H,3H2,1-2H3/b15-10-,18-17+,23-16?/t22-/m1/s1. The minimum Gasteiger partial charge on any atom is -0.463 e. The molecule has 1 aliphatic heterocycles. The van der Waals surface area contributed by atoms with Gasteiger partial charge in [0.1, 0.15) is 0 Å². The molecule has 33 heavy (non-hydrogen) atoms. The fourth-order valence-corrected chi connectivity index (χ4v) is 4.61. The Hall–Kier alpha value is -3.77. The first-order valence-electron chi connectivity index (χ1n) is 10.7. The number of carbonyl (C=O) groups excluding carboxylic acids is 1. The van der Waals surface area contributed by atoms with Crippen LogP contribution in [-0.4, -0.2) is 17.1 Å². The second-order valence-electron chi connectivity index (χ2n) is 7.41. The van der Waals surface area contributed by atoms with Crippen molar-refractivity contribution in [1.82, 2.24) is 4.57 Å². The average molecular weight is 457 g/mol. The topological polar surface area (TPSA) is 60.7 Å². The minimum absolute atomic E-state index is 0.187. The first-order chi connectivity index (χ1) is 16.1. The lowest BCUT2D eigenvalue weighted by Crippen LogP contribution is -2.38. The highest BCUT2D eigenvalue weighted by molar-refractivity contribution is 7.07. The largest absolute Gasteiger partial charge is 0.463 e. The van der Waals surface area contributed by atoms with E-state index in [0.29, 0.717) is 20.6 Å². The van der Waals surface area contributed by atoms with Crippen molar-refractivity contribution in [2.75, 3.05) is 6.61 Å². The molecule has 0 bridgehead atoms. The minimum atomic E-state index is -0.597. The van der Waals surface area contributed by atoms with Crippen LogP contribution in [0.1, 0.15) is 31.0 Å². The number of esters is 1. The highest BCUT2D eigenvalue weighted by Gasteiger charge is 2.30. The summed E-state index contributed by atoms with van der Waals surface area (Å²) in [4.78, 5) is 31.3. The third kappa shape index (κ3) is 5.02. The number of allylic oxidation sites excluding steroid dienone is 3. The molecule has 166 valence electrons. The quantitative estimate of drug-likeness (QED) is 0.524. The Morgan fingerprint density at radius 2 is 1.70 bits per heavy atom. The van der Waals surface area contributed by atoms with Gasteiger partial charge in [0, 0.05) is 0 Å². The van der Waals surface area contributed by atoms with Gasteiger partial charge in [-0.15, -0.1) is 0 Å². The van der Waals surface area contributed by atoms with Crippen molar-refractivity contribution >= 4 is 35.5 Å². The zero-order valence-electron chi connectivity index (χ0n) is 18.5. The smallest absolute Gasteiger partial charge is 0.338 e. The second-order valence-corrected chi connectivity index (χ2v) is 8.42. The third-order valence-electron chi connectivity index (χ3n) is 5.17. The summed E-state index contributed by atoms with van der Waals surface area (Å²) in [6.07, 6.45) is 9.37. The molecule has 0 N–H and O–H groups in total. The number of aromatic nitrogens is 1. The molecule has 2 aromatic carbocycles. The van der Waals surface area contributed by atoms with Gasteiger partial charge in [0.2, 0.25) is 0 Å². The molecule has 0 fully saturated rings. The molecule has 1 aromatic heterocycles.